The molecule has 0 bridgehead atoms. The molecule has 0 aromatic heterocycles. The van der Waals surface area contributed by atoms with Gasteiger partial charge in [-0.3, -0.25) is 0 Å². The third kappa shape index (κ3) is 6.10. The van der Waals surface area contributed by atoms with Crippen LogP contribution in [0, 0.1) is 13.8 Å². The van der Waals surface area contributed by atoms with Crippen molar-refractivity contribution < 1.29 is 4.74 Å². The fourth-order valence-corrected chi connectivity index (χ4v) is 1.37. The predicted octanol–water partition coefficient (Wildman–Crippen LogP) is 3.86. The molecule has 20 heavy (non-hydrogen) atoms. The van der Waals surface area contributed by atoms with Crippen molar-refractivity contribution >= 4 is 13.3 Å². The van der Waals surface area contributed by atoms with E-state index in [1.54, 1.807) is 30.3 Å². The van der Waals surface area contributed by atoms with E-state index in [0.717, 1.165) is 0 Å². The van der Waals surface area contributed by atoms with E-state index in [1.807, 2.05) is 0 Å². The van der Waals surface area contributed by atoms with Crippen LogP contribution in [0.1, 0.15) is 11.1 Å². The van der Waals surface area contributed by atoms with E-state index in [-0.39, 0.29) is 0 Å². The van der Waals surface area contributed by atoms with E-state index in [4.69, 9.17) is 12.6 Å². The van der Waals surface area contributed by atoms with Crippen LogP contribution in [0.2, 0.25) is 0 Å². The van der Waals surface area contributed by atoms with Crippen molar-refractivity contribution in [2.45, 2.75) is 13.8 Å². The Labute approximate surface area is 123 Å². The minimum absolute atomic E-state index is 0.528. The number of hydrogen-bond acceptors (Lipinski definition) is 1. The Kier molecular flexibility index (Phi) is 6.38. The molecule has 100 valence electrons. The molecule has 0 aliphatic carbocycles. The van der Waals surface area contributed by atoms with Gasteiger partial charge in [0.15, 0.2) is 0 Å². The smallest absolute Gasteiger partial charge is 0.127 e. The number of benzene rings is 2. The summed E-state index contributed by atoms with van der Waals surface area (Å²) in [6, 6.07) is 15.6. The quantitative estimate of drug-likeness (QED) is 0.463. The van der Waals surface area contributed by atoms with Gasteiger partial charge in [-0.25, -0.2) is 0 Å². The summed E-state index contributed by atoms with van der Waals surface area (Å²) in [6.07, 6.45) is 1.55. The topological polar surface area (TPSA) is 9.23 Å². The normalized spacial score (nSPS) is 9.10. The minimum atomic E-state index is 0.528. The lowest BCUT2D eigenvalue weighted by molar-refractivity contribution is 0.447. The average Bonchev–Trinajstić information content (AvgIpc) is 2.45. The van der Waals surface area contributed by atoms with E-state index in [0.29, 0.717) is 17.0 Å². The zero-order chi connectivity index (χ0) is 15.0. The van der Waals surface area contributed by atoms with Crippen LogP contribution in [0.3, 0.4) is 0 Å². The summed E-state index contributed by atoms with van der Waals surface area (Å²) >= 11 is 0. The van der Waals surface area contributed by atoms with Crippen LogP contribution in [0.15, 0.2) is 73.5 Å². The molecule has 1 nitrogen and oxygen atoms in total. The molecule has 2 aromatic rings. The van der Waals surface area contributed by atoms with Crippen molar-refractivity contribution in [2.24, 2.45) is 0 Å². The third-order valence-electron chi connectivity index (χ3n) is 2.57. The van der Waals surface area contributed by atoms with E-state index in [2.05, 4.69) is 51.3 Å². The molecule has 2 heteroatoms. The Morgan fingerprint density at radius 3 is 1.80 bits per heavy atom. The highest BCUT2D eigenvalue weighted by atomic mass is 16.5. The van der Waals surface area contributed by atoms with Crippen molar-refractivity contribution in [3.05, 3.63) is 84.7 Å². The largest absolute Gasteiger partial charge is 0.458 e. The first kappa shape index (κ1) is 15.8. The van der Waals surface area contributed by atoms with Crippen LogP contribution in [-0.4, -0.2) is 7.85 Å². The monoisotopic (exact) mass is 262 g/mol. The first-order valence-electron chi connectivity index (χ1n) is 6.39. The molecule has 2 radical (unpaired) electrons. The van der Waals surface area contributed by atoms with Gasteiger partial charge in [0.2, 0.25) is 0 Å². The molecule has 0 aliphatic rings. The van der Waals surface area contributed by atoms with Gasteiger partial charge >= 0.3 is 0 Å². The molecule has 0 heterocycles. The lowest BCUT2D eigenvalue weighted by Crippen LogP contribution is -2.00. The van der Waals surface area contributed by atoms with Gasteiger partial charge < -0.3 is 4.74 Å². The summed E-state index contributed by atoms with van der Waals surface area (Å²) in [5.74, 6) is 1.24. The van der Waals surface area contributed by atoms with Crippen molar-refractivity contribution in [1.82, 2.24) is 0 Å². The predicted molar refractivity (Wildman–Crippen MR) is 87.7 cm³/mol. The second-order valence-corrected chi connectivity index (χ2v) is 4.50. The minimum Gasteiger partial charge on any atom is -0.458 e. The van der Waals surface area contributed by atoms with E-state index >= 15 is 0 Å². The Morgan fingerprint density at radius 1 is 0.950 bits per heavy atom. The molecule has 0 amide bonds. The fourth-order valence-electron chi connectivity index (χ4n) is 1.37. The Bertz CT molecular complexity index is 532. The average molecular weight is 262 g/mol. The summed E-state index contributed by atoms with van der Waals surface area (Å²) in [5, 5.41) is 0. The van der Waals surface area contributed by atoms with Crippen molar-refractivity contribution in [3.63, 3.8) is 0 Å². The maximum atomic E-state index is 5.49. The number of rotatable bonds is 3. The first-order chi connectivity index (χ1) is 9.51. The van der Waals surface area contributed by atoms with Crippen molar-refractivity contribution in [2.75, 3.05) is 0 Å². The molecular weight excluding hydrogens is 243 g/mol. The lowest BCUT2D eigenvalue weighted by atomic mass is 9.97. The summed E-state index contributed by atoms with van der Waals surface area (Å²) in [6.45, 7) is 11.3. The Hall–Kier alpha value is -2.22. The second-order valence-electron chi connectivity index (χ2n) is 4.50. The van der Waals surface area contributed by atoms with E-state index in [9.17, 15) is 0 Å². The summed E-state index contributed by atoms with van der Waals surface area (Å²) in [5.41, 5.74) is 3.37. The Balaban J connectivity index is 0.000000217. The zero-order valence-corrected chi connectivity index (χ0v) is 12.1. The molecular formula is C18H19BO. The second kappa shape index (κ2) is 8.06. The lowest BCUT2D eigenvalue weighted by Gasteiger charge is -2.04. The molecule has 2 aromatic carbocycles. The van der Waals surface area contributed by atoms with E-state index < -0.39 is 0 Å². The van der Waals surface area contributed by atoms with Gasteiger partial charge in [0.1, 0.15) is 19.4 Å². The van der Waals surface area contributed by atoms with Gasteiger partial charge in [-0.2, -0.15) is 0 Å². The van der Waals surface area contributed by atoms with Gasteiger partial charge in [-0.15, -0.1) is 0 Å². The summed E-state index contributed by atoms with van der Waals surface area (Å²) in [7, 11) is 5.49. The van der Waals surface area contributed by atoms with Crippen LogP contribution >= 0.6 is 0 Å². The molecule has 0 saturated heterocycles. The van der Waals surface area contributed by atoms with Gasteiger partial charge in [-0.05, 0) is 32.1 Å². The number of allylic oxidation sites excluding steroid dienone is 1. The summed E-state index contributed by atoms with van der Waals surface area (Å²) < 4.78 is 5.25. The summed E-state index contributed by atoms with van der Waals surface area (Å²) in [4.78, 5) is 0. The van der Waals surface area contributed by atoms with Gasteiger partial charge in [0.05, 0.1) is 0 Å². The molecule has 0 saturated carbocycles. The standard InChI is InChI=1S/C10H9BO.C8H10/c1-3-8(2)12-10-6-4-9(11)5-7-10;1-7-3-5-8(2)6-4-7/h3-7H,1-2H2;3-6H,1-2H3. The molecule has 0 N–H and O–H groups in total. The number of hydrogen-bond donors (Lipinski definition) is 0. The van der Waals surface area contributed by atoms with Crippen LogP contribution in [0.25, 0.3) is 0 Å². The fraction of sp³-hybridized carbons (Fsp3) is 0.111. The van der Waals surface area contributed by atoms with Crippen molar-refractivity contribution in [3.8, 4) is 5.75 Å². The molecule has 2 rings (SSSR count). The SMILES string of the molecule is Cc1ccc(C)cc1.[B]c1ccc(OC(=C)C=C)cc1. The van der Waals surface area contributed by atoms with E-state index in [1.165, 1.54) is 11.1 Å². The Morgan fingerprint density at radius 2 is 1.40 bits per heavy atom. The highest BCUT2D eigenvalue weighted by molar-refractivity contribution is 6.32. The van der Waals surface area contributed by atoms with Gasteiger partial charge in [-0.1, -0.05) is 66.1 Å². The third-order valence-corrected chi connectivity index (χ3v) is 2.57. The van der Waals surface area contributed by atoms with Gasteiger partial charge in [0.25, 0.3) is 0 Å². The van der Waals surface area contributed by atoms with Crippen LogP contribution in [-0.2, 0) is 0 Å². The number of aryl methyl sites for hydroxylation is 2. The molecule has 0 fully saturated rings. The molecule has 0 unspecified atom stereocenters. The van der Waals surface area contributed by atoms with Crippen LogP contribution < -0.4 is 10.2 Å². The molecule has 0 atom stereocenters. The van der Waals surface area contributed by atoms with Gasteiger partial charge in [0, 0.05) is 0 Å². The maximum absolute atomic E-state index is 5.49. The molecule has 0 spiro atoms. The number of ether oxygens (including phenoxy) is 1. The molecule has 0 aliphatic heterocycles. The van der Waals surface area contributed by atoms with Crippen molar-refractivity contribution in [1.29, 1.82) is 0 Å². The zero-order valence-electron chi connectivity index (χ0n) is 12.1. The van der Waals surface area contributed by atoms with Crippen LogP contribution in [0.5, 0.6) is 5.75 Å². The highest BCUT2D eigenvalue weighted by Crippen LogP contribution is 2.10. The highest BCUT2D eigenvalue weighted by Gasteiger charge is 1.92. The maximum Gasteiger partial charge on any atom is 0.127 e. The van der Waals surface area contributed by atoms with Crippen LogP contribution in [0.4, 0.5) is 0 Å². The first-order valence-corrected chi connectivity index (χ1v) is 6.39.